The number of halogens is 1. The van der Waals surface area contributed by atoms with Crippen LogP contribution in [0.25, 0.3) is 0 Å². The van der Waals surface area contributed by atoms with E-state index in [4.69, 9.17) is 0 Å². The van der Waals surface area contributed by atoms with Crippen molar-refractivity contribution in [3.63, 3.8) is 0 Å². The fraction of sp³-hybridized carbons (Fsp3) is 1.00. The van der Waals surface area contributed by atoms with Gasteiger partial charge in [0.15, 0.2) is 0 Å². The minimum atomic E-state index is -0.901. The molecule has 0 radical (unpaired) electrons. The third-order valence-electron chi connectivity index (χ3n) is 1.30. The largest absolute Gasteiger partial charge is 0.236 e. The molecular formula is C7H15FS. The van der Waals surface area contributed by atoms with Crippen LogP contribution in [0.1, 0.15) is 39.0 Å². The molecule has 0 rings (SSSR count). The molecule has 0 aromatic heterocycles. The SMILES string of the molecule is CCCCCCC(F)S. The molecule has 0 aromatic rings. The predicted octanol–water partition coefficient (Wildman–Crippen LogP) is 3.18. The van der Waals surface area contributed by atoms with E-state index in [0.29, 0.717) is 6.42 Å². The summed E-state index contributed by atoms with van der Waals surface area (Å²) >= 11 is 3.63. The highest BCUT2D eigenvalue weighted by atomic mass is 32.1. The second-order valence-electron chi connectivity index (χ2n) is 2.28. The van der Waals surface area contributed by atoms with Gasteiger partial charge in [0, 0.05) is 0 Å². The Bertz CT molecular complexity index is 54.9. The molecule has 0 heterocycles. The summed E-state index contributed by atoms with van der Waals surface area (Å²) in [5.74, 6) is 0. The fourth-order valence-electron chi connectivity index (χ4n) is 0.740. The van der Waals surface area contributed by atoms with Crippen molar-refractivity contribution in [1.82, 2.24) is 0 Å². The van der Waals surface area contributed by atoms with Gasteiger partial charge in [0.1, 0.15) is 5.50 Å². The number of alkyl halides is 1. The van der Waals surface area contributed by atoms with Crippen molar-refractivity contribution < 1.29 is 4.39 Å². The molecule has 0 aliphatic heterocycles. The topological polar surface area (TPSA) is 0 Å². The van der Waals surface area contributed by atoms with Crippen molar-refractivity contribution in [2.75, 3.05) is 0 Å². The van der Waals surface area contributed by atoms with Crippen molar-refractivity contribution in [3.8, 4) is 0 Å². The first kappa shape index (κ1) is 9.28. The predicted molar refractivity (Wildman–Crippen MR) is 42.6 cm³/mol. The maximum atomic E-state index is 12.0. The van der Waals surface area contributed by atoms with E-state index in [0.717, 1.165) is 12.8 Å². The van der Waals surface area contributed by atoms with Gasteiger partial charge in [-0.3, -0.25) is 0 Å². The highest BCUT2D eigenvalue weighted by molar-refractivity contribution is 7.80. The Balaban J connectivity index is 2.75. The maximum absolute atomic E-state index is 12.0. The molecule has 0 saturated heterocycles. The van der Waals surface area contributed by atoms with Crippen molar-refractivity contribution in [3.05, 3.63) is 0 Å². The summed E-state index contributed by atoms with van der Waals surface area (Å²) in [7, 11) is 0. The van der Waals surface area contributed by atoms with Gasteiger partial charge in [-0.15, -0.1) is 12.6 Å². The zero-order valence-electron chi connectivity index (χ0n) is 5.94. The molecular weight excluding hydrogens is 135 g/mol. The smallest absolute Gasteiger partial charge is 0.143 e. The lowest BCUT2D eigenvalue weighted by molar-refractivity contribution is 0.416. The molecule has 0 amide bonds. The van der Waals surface area contributed by atoms with E-state index >= 15 is 0 Å². The van der Waals surface area contributed by atoms with Gasteiger partial charge in [0.2, 0.25) is 0 Å². The molecule has 0 saturated carbocycles. The lowest BCUT2D eigenvalue weighted by atomic mass is 10.2. The van der Waals surface area contributed by atoms with Crippen LogP contribution >= 0.6 is 12.6 Å². The van der Waals surface area contributed by atoms with Crippen molar-refractivity contribution >= 4 is 12.6 Å². The third-order valence-corrected chi connectivity index (χ3v) is 1.55. The van der Waals surface area contributed by atoms with Gasteiger partial charge in [-0.25, -0.2) is 4.39 Å². The van der Waals surface area contributed by atoms with Crippen LogP contribution in [0.5, 0.6) is 0 Å². The minimum absolute atomic E-state index is 0.614. The molecule has 1 atom stereocenters. The average molecular weight is 150 g/mol. The van der Waals surface area contributed by atoms with Crippen molar-refractivity contribution in [2.24, 2.45) is 0 Å². The molecule has 1 unspecified atom stereocenters. The van der Waals surface area contributed by atoms with Gasteiger partial charge >= 0.3 is 0 Å². The first-order valence-corrected chi connectivity index (χ1v) is 4.11. The minimum Gasteiger partial charge on any atom is -0.236 e. The van der Waals surface area contributed by atoms with Crippen LogP contribution in [0.4, 0.5) is 4.39 Å². The lowest BCUT2D eigenvalue weighted by Gasteiger charge is -1.98. The quantitative estimate of drug-likeness (QED) is 0.451. The molecule has 0 bridgehead atoms. The van der Waals surface area contributed by atoms with E-state index in [-0.39, 0.29) is 0 Å². The summed E-state index contributed by atoms with van der Waals surface area (Å²) in [6.07, 6.45) is 5.18. The van der Waals surface area contributed by atoms with E-state index in [1.807, 2.05) is 0 Å². The maximum Gasteiger partial charge on any atom is 0.143 e. The van der Waals surface area contributed by atoms with E-state index in [9.17, 15) is 4.39 Å². The Morgan fingerprint density at radius 3 is 2.44 bits per heavy atom. The van der Waals surface area contributed by atoms with Crippen molar-refractivity contribution in [1.29, 1.82) is 0 Å². The third kappa shape index (κ3) is 8.28. The zero-order chi connectivity index (χ0) is 7.11. The van der Waals surface area contributed by atoms with Crippen LogP contribution in [-0.2, 0) is 0 Å². The first-order valence-electron chi connectivity index (χ1n) is 3.59. The van der Waals surface area contributed by atoms with Gasteiger partial charge in [-0.05, 0) is 12.8 Å². The van der Waals surface area contributed by atoms with Crippen LogP contribution < -0.4 is 0 Å². The first-order chi connectivity index (χ1) is 4.27. The molecule has 0 aliphatic carbocycles. The van der Waals surface area contributed by atoms with Gasteiger partial charge in [-0.1, -0.05) is 26.2 Å². The monoisotopic (exact) mass is 150 g/mol. The Labute approximate surface area is 62.2 Å². The van der Waals surface area contributed by atoms with E-state index in [1.165, 1.54) is 12.8 Å². The molecule has 56 valence electrons. The van der Waals surface area contributed by atoms with Gasteiger partial charge in [0.05, 0.1) is 0 Å². The Morgan fingerprint density at radius 1 is 1.33 bits per heavy atom. The fourth-order valence-corrected chi connectivity index (χ4v) is 0.922. The molecule has 9 heavy (non-hydrogen) atoms. The summed E-state index contributed by atoms with van der Waals surface area (Å²) in [6, 6.07) is 0. The lowest BCUT2D eigenvalue weighted by Crippen LogP contribution is -1.87. The second-order valence-corrected chi connectivity index (χ2v) is 2.84. The number of hydrogen-bond acceptors (Lipinski definition) is 1. The van der Waals surface area contributed by atoms with Crippen LogP contribution in [0.2, 0.25) is 0 Å². The zero-order valence-corrected chi connectivity index (χ0v) is 6.83. The molecule has 0 N–H and O–H groups in total. The number of rotatable bonds is 5. The normalized spacial score (nSPS) is 13.7. The Morgan fingerprint density at radius 2 is 2.00 bits per heavy atom. The summed E-state index contributed by atoms with van der Waals surface area (Å²) in [4.78, 5) is 0. The Kier molecular flexibility index (Phi) is 6.60. The summed E-state index contributed by atoms with van der Waals surface area (Å²) in [5, 5.41) is 0. The van der Waals surface area contributed by atoms with E-state index < -0.39 is 5.50 Å². The van der Waals surface area contributed by atoms with E-state index in [1.54, 1.807) is 0 Å². The highest BCUT2D eigenvalue weighted by Gasteiger charge is 1.96. The van der Waals surface area contributed by atoms with Crippen LogP contribution in [0.15, 0.2) is 0 Å². The molecule has 0 nitrogen and oxygen atoms in total. The molecule has 2 heteroatoms. The summed E-state index contributed by atoms with van der Waals surface area (Å²) in [6.45, 7) is 2.15. The molecule has 0 aliphatic rings. The second kappa shape index (κ2) is 6.40. The average Bonchev–Trinajstić information content (AvgIpc) is 1.80. The number of unbranched alkanes of at least 4 members (excludes halogenated alkanes) is 3. The molecule has 0 spiro atoms. The van der Waals surface area contributed by atoms with E-state index in [2.05, 4.69) is 19.6 Å². The summed E-state index contributed by atoms with van der Waals surface area (Å²) in [5.41, 5.74) is -0.901. The van der Waals surface area contributed by atoms with Crippen LogP contribution in [0.3, 0.4) is 0 Å². The highest BCUT2D eigenvalue weighted by Crippen LogP contribution is 2.09. The summed E-state index contributed by atoms with van der Waals surface area (Å²) < 4.78 is 12.0. The van der Waals surface area contributed by atoms with Gasteiger partial charge < -0.3 is 0 Å². The standard InChI is InChI=1S/C7H15FS/c1-2-3-4-5-6-7(8)9/h7,9H,2-6H2,1H3. The van der Waals surface area contributed by atoms with Crippen LogP contribution in [0, 0.1) is 0 Å². The van der Waals surface area contributed by atoms with Crippen LogP contribution in [-0.4, -0.2) is 5.50 Å². The number of hydrogen-bond donors (Lipinski definition) is 1. The van der Waals surface area contributed by atoms with Gasteiger partial charge in [0.25, 0.3) is 0 Å². The van der Waals surface area contributed by atoms with Gasteiger partial charge in [-0.2, -0.15) is 0 Å². The number of thiol groups is 1. The van der Waals surface area contributed by atoms with Crippen molar-refractivity contribution in [2.45, 2.75) is 44.5 Å². The Hall–Kier alpha value is 0.280. The molecule has 0 aromatic carbocycles. The molecule has 0 fully saturated rings.